The first-order valence-electron chi connectivity index (χ1n) is 13.4. The molecule has 0 aromatic heterocycles. The molecule has 0 unspecified atom stereocenters. The summed E-state index contributed by atoms with van der Waals surface area (Å²) < 4.78 is 86.9. The molecule has 0 saturated heterocycles. The summed E-state index contributed by atoms with van der Waals surface area (Å²) in [5.41, 5.74) is -5.08. The number of carbonyl (C=O) groups is 4. The van der Waals surface area contributed by atoms with Gasteiger partial charge in [0.2, 0.25) is 5.41 Å². The minimum Gasteiger partial charge on any atom is -0.277 e. The summed E-state index contributed by atoms with van der Waals surface area (Å²) in [6.07, 6.45) is -11.6. The Morgan fingerprint density at radius 3 is 1.40 bits per heavy atom. The zero-order chi connectivity index (χ0) is 32.6. The number of alkyl halides is 6. The highest BCUT2D eigenvalue weighted by Crippen LogP contribution is 2.56. The van der Waals surface area contributed by atoms with E-state index in [2.05, 4.69) is 0 Å². The molecule has 12 heteroatoms. The van der Waals surface area contributed by atoms with Crippen LogP contribution in [0, 0.1) is 6.92 Å². The zero-order valence-corrected chi connectivity index (χ0v) is 23.4. The van der Waals surface area contributed by atoms with Crippen LogP contribution in [0.2, 0.25) is 0 Å². The number of hydrogen-bond donors (Lipinski definition) is 0. The van der Waals surface area contributed by atoms with Gasteiger partial charge < -0.3 is 0 Å². The van der Waals surface area contributed by atoms with Crippen molar-refractivity contribution in [1.82, 2.24) is 4.90 Å². The van der Waals surface area contributed by atoms with Crippen molar-refractivity contribution < 1.29 is 45.5 Å². The first kappa shape index (κ1) is 29.8. The van der Waals surface area contributed by atoms with Gasteiger partial charge in [0, 0.05) is 7.05 Å². The van der Waals surface area contributed by atoms with Crippen LogP contribution in [0.5, 0.6) is 0 Å². The van der Waals surface area contributed by atoms with E-state index in [-0.39, 0.29) is 27.9 Å². The second-order valence-corrected chi connectivity index (χ2v) is 10.8. The SMILES string of the molecule is Cc1ccc(C(c2ccc(N3C(=O)c4ccc(-c5ccc6c(c5)C(=O)N(C)C6=O)cc4C3=O)cc2)(C(F)(F)F)C(F)(F)F)cc1. The fraction of sp³-hybridized carbons (Fsp3) is 0.152. The van der Waals surface area contributed by atoms with Gasteiger partial charge in [-0.2, -0.15) is 26.3 Å². The number of halogens is 6. The van der Waals surface area contributed by atoms with Crippen LogP contribution in [-0.2, 0) is 5.41 Å². The van der Waals surface area contributed by atoms with Crippen molar-refractivity contribution >= 4 is 29.3 Å². The predicted molar refractivity (Wildman–Crippen MR) is 150 cm³/mol. The standard InChI is InChI=1S/C33H20F6N2O4/c1-17-3-7-20(8-4-17)31(32(34,35)36,33(37,38)39)21-9-11-22(12-10-21)41-29(44)24-14-6-19(16-26(24)30(41)45)18-5-13-23-25(15-18)28(43)40(2)27(23)42/h3-16H,1-2H3. The lowest BCUT2D eigenvalue weighted by atomic mass is 9.72. The second kappa shape index (κ2) is 9.88. The van der Waals surface area contributed by atoms with Crippen LogP contribution < -0.4 is 4.90 Å². The number of rotatable bonds is 4. The van der Waals surface area contributed by atoms with Crippen LogP contribution >= 0.6 is 0 Å². The Kier molecular flexibility index (Phi) is 6.54. The Balaban J connectivity index is 1.37. The summed E-state index contributed by atoms with van der Waals surface area (Å²) in [7, 11) is 1.35. The van der Waals surface area contributed by atoms with E-state index >= 15 is 0 Å². The maximum Gasteiger partial charge on any atom is 0.411 e. The molecule has 2 heterocycles. The molecule has 2 aliphatic rings. The van der Waals surface area contributed by atoms with Crippen molar-refractivity contribution in [2.24, 2.45) is 0 Å². The number of imide groups is 2. The van der Waals surface area contributed by atoms with Crippen molar-refractivity contribution in [1.29, 1.82) is 0 Å². The summed E-state index contributed by atoms with van der Waals surface area (Å²) in [6.45, 7) is 1.53. The lowest BCUT2D eigenvalue weighted by molar-refractivity contribution is -0.288. The number of anilines is 1. The first-order valence-corrected chi connectivity index (χ1v) is 13.4. The molecule has 0 fully saturated rings. The average Bonchev–Trinajstić information content (AvgIpc) is 3.36. The van der Waals surface area contributed by atoms with Crippen LogP contribution in [-0.4, -0.2) is 47.9 Å². The lowest BCUT2D eigenvalue weighted by Gasteiger charge is -2.38. The van der Waals surface area contributed by atoms with Crippen molar-refractivity contribution in [3.05, 3.63) is 124 Å². The van der Waals surface area contributed by atoms with Gasteiger partial charge >= 0.3 is 12.4 Å². The zero-order valence-electron chi connectivity index (χ0n) is 23.4. The largest absolute Gasteiger partial charge is 0.411 e. The molecule has 6 rings (SSSR count). The smallest absolute Gasteiger partial charge is 0.277 e. The third kappa shape index (κ3) is 4.26. The van der Waals surface area contributed by atoms with E-state index in [0.717, 1.165) is 41.3 Å². The summed E-state index contributed by atoms with van der Waals surface area (Å²) in [5.74, 6) is -2.61. The van der Waals surface area contributed by atoms with E-state index in [0.29, 0.717) is 33.7 Å². The summed E-state index contributed by atoms with van der Waals surface area (Å²) in [4.78, 5) is 52.9. The molecule has 2 aliphatic heterocycles. The van der Waals surface area contributed by atoms with Gasteiger partial charge in [-0.05, 0) is 65.6 Å². The van der Waals surface area contributed by atoms with E-state index in [1.165, 1.54) is 44.3 Å². The molecule has 6 nitrogen and oxygen atoms in total. The van der Waals surface area contributed by atoms with Gasteiger partial charge in [-0.3, -0.25) is 24.1 Å². The number of benzene rings is 4. The van der Waals surface area contributed by atoms with Gasteiger partial charge in [0.1, 0.15) is 0 Å². The number of amides is 4. The fourth-order valence-electron chi connectivity index (χ4n) is 5.84. The second-order valence-electron chi connectivity index (χ2n) is 10.8. The first-order chi connectivity index (χ1) is 21.1. The molecule has 45 heavy (non-hydrogen) atoms. The maximum atomic E-state index is 14.5. The Morgan fingerprint density at radius 2 is 0.911 bits per heavy atom. The Bertz CT molecular complexity index is 1920. The molecule has 0 atom stereocenters. The van der Waals surface area contributed by atoms with Crippen molar-refractivity contribution in [3.63, 3.8) is 0 Å². The monoisotopic (exact) mass is 622 g/mol. The van der Waals surface area contributed by atoms with Gasteiger partial charge in [0.05, 0.1) is 27.9 Å². The Morgan fingerprint density at radius 1 is 0.511 bits per heavy atom. The molecule has 0 saturated carbocycles. The summed E-state index contributed by atoms with van der Waals surface area (Å²) >= 11 is 0. The van der Waals surface area contributed by atoms with Crippen molar-refractivity contribution in [2.75, 3.05) is 11.9 Å². The van der Waals surface area contributed by atoms with E-state index in [4.69, 9.17) is 0 Å². The van der Waals surface area contributed by atoms with Crippen LogP contribution in [0.3, 0.4) is 0 Å². The number of fused-ring (bicyclic) bond motifs is 2. The summed E-state index contributed by atoms with van der Waals surface area (Å²) in [6, 6.07) is 15.7. The van der Waals surface area contributed by atoms with E-state index < -0.39 is 52.5 Å². The van der Waals surface area contributed by atoms with Crippen LogP contribution in [0.4, 0.5) is 32.0 Å². The average molecular weight is 623 g/mol. The van der Waals surface area contributed by atoms with Gasteiger partial charge in [0.25, 0.3) is 23.6 Å². The molecular weight excluding hydrogens is 602 g/mol. The van der Waals surface area contributed by atoms with Crippen molar-refractivity contribution in [3.8, 4) is 11.1 Å². The quantitative estimate of drug-likeness (QED) is 0.180. The van der Waals surface area contributed by atoms with Gasteiger partial charge in [-0.15, -0.1) is 0 Å². The van der Waals surface area contributed by atoms with Crippen LogP contribution in [0.1, 0.15) is 58.1 Å². The molecule has 4 aromatic rings. The Hall–Kier alpha value is -5.26. The van der Waals surface area contributed by atoms with Crippen LogP contribution in [0.15, 0.2) is 84.9 Å². The number of aryl methyl sites for hydroxylation is 1. The normalized spacial score (nSPS) is 15.2. The minimum absolute atomic E-state index is 0.0282. The van der Waals surface area contributed by atoms with Crippen LogP contribution in [0.25, 0.3) is 11.1 Å². The van der Waals surface area contributed by atoms with Crippen molar-refractivity contribution in [2.45, 2.75) is 24.7 Å². The molecule has 0 spiro atoms. The molecule has 0 radical (unpaired) electrons. The highest BCUT2D eigenvalue weighted by Gasteiger charge is 2.72. The maximum absolute atomic E-state index is 14.5. The minimum atomic E-state index is -5.79. The third-order valence-corrected chi connectivity index (χ3v) is 8.20. The highest BCUT2D eigenvalue weighted by molar-refractivity contribution is 6.34. The highest BCUT2D eigenvalue weighted by atomic mass is 19.4. The molecule has 0 aliphatic carbocycles. The number of nitrogens with zero attached hydrogens (tertiary/aromatic N) is 2. The molecule has 228 valence electrons. The third-order valence-electron chi connectivity index (χ3n) is 8.20. The molecule has 4 aromatic carbocycles. The van der Waals surface area contributed by atoms with Gasteiger partial charge in [-0.25, -0.2) is 4.90 Å². The van der Waals surface area contributed by atoms with E-state index in [1.54, 1.807) is 6.07 Å². The molecule has 0 N–H and O–H groups in total. The Labute approximate surface area is 251 Å². The number of carbonyl (C=O) groups excluding carboxylic acids is 4. The van der Waals surface area contributed by atoms with E-state index in [1.807, 2.05) is 0 Å². The molecule has 4 amide bonds. The predicted octanol–water partition coefficient (Wildman–Crippen LogP) is 7.10. The fourth-order valence-corrected chi connectivity index (χ4v) is 5.84. The lowest BCUT2D eigenvalue weighted by Crippen LogP contribution is -2.54. The molecule has 0 bridgehead atoms. The van der Waals surface area contributed by atoms with E-state index in [9.17, 15) is 45.5 Å². The molecular formula is C33H20F6N2O4. The number of hydrogen-bond acceptors (Lipinski definition) is 4. The topological polar surface area (TPSA) is 74.8 Å². The van der Waals surface area contributed by atoms with Gasteiger partial charge in [-0.1, -0.05) is 54.1 Å². The summed E-state index contributed by atoms with van der Waals surface area (Å²) in [5, 5.41) is 0. The van der Waals surface area contributed by atoms with Gasteiger partial charge in [0.15, 0.2) is 0 Å².